The van der Waals surface area contributed by atoms with Crippen molar-refractivity contribution in [2.45, 2.75) is 13.3 Å². The quantitative estimate of drug-likeness (QED) is 0.529. The number of hydrogen-bond acceptors (Lipinski definition) is 4. The highest BCUT2D eigenvalue weighted by Crippen LogP contribution is 2.17. The largest absolute Gasteiger partial charge is 0.489 e. The Morgan fingerprint density at radius 2 is 2.27 bits per heavy atom. The van der Waals surface area contributed by atoms with Gasteiger partial charge in [-0.1, -0.05) is 6.92 Å². The molecule has 0 saturated carbocycles. The molecule has 1 aromatic heterocycles. The van der Waals surface area contributed by atoms with Crippen molar-refractivity contribution in [3.63, 3.8) is 0 Å². The zero-order valence-corrected chi connectivity index (χ0v) is 7.06. The Morgan fingerprint density at radius 1 is 1.64 bits per heavy atom. The molecular weight excluding hydrogens is 161 g/mol. The van der Waals surface area contributed by atoms with Crippen molar-refractivity contribution in [1.29, 1.82) is 0 Å². The molecule has 0 radical (unpaired) electrons. The third kappa shape index (κ3) is 1.56. The average molecular weight is 171 g/mol. The molecule has 0 bridgehead atoms. The van der Waals surface area contributed by atoms with Crippen molar-refractivity contribution in [1.82, 2.24) is 0 Å². The lowest BCUT2D eigenvalue weighted by atomic mass is 9.79. The van der Waals surface area contributed by atoms with E-state index in [2.05, 4.69) is 0 Å². The highest BCUT2D eigenvalue weighted by Gasteiger charge is 2.18. The summed E-state index contributed by atoms with van der Waals surface area (Å²) in [5.41, 5.74) is 6.97. The standard InChI is InChI=1S/C6H10BNO2S/c1-2-4-5(7(9)10)3-11-6(4)8/h3,9-10H,2,8H2,1H3. The van der Waals surface area contributed by atoms with E-state index in [9.17, 15) is 0 Å². The molecule has 0 unspecified atom stereocenters. The zero-order chi connectivity index (χ0) is 8.43. The van der Waals surface area contributed by atoms with Crippen LogP contribution in [-0.4, -0.2) is 17.2 Å². The van der Waals surface area contributed by atoms with Crippen molar-refractivity contribution in [3.05, 3.63) is 10.9 Å². The summed E-state index contributed by atoms with van der Waals surface area (Å²) in [5.74, 6) is 0. The molecule has 3 nitrogen and oxygen atoms in total. The molecule has 1 aromatic rings. The lowest BCUT2D eigenvalue weighted by molar-refractivity contribution is 0.425. The van der Waals surface area contributed by atoms with E-state index in [1.165, 1.54) is 11.3 Å². The predicted octanol–water partition coefficient (Wildman–Crippen LogP) is -0.428. The molecule has 5 heteroatoms. The highest BCUT2D eigenvalue weighted by molar-refractivity contribution is 7.15. The summed E-state index contributed by atoms with van der Waals surface area (Å²) in [6.07, 6.45) is 0.738. The second-order valence-corrected chi connectivity index (χ2v) is 3.17. The molecule has 0 aliphatic heterocycles. The molecule has 0 aromatic carbocycles. The van der Waals surface area contributed by atoms with Gasteiger partial charge in [-0.15, -0.1) is 11.3 Å². The zero-order valence-electron chi connectivity index (χ0n) is 6.24. The van der Waals surface area contributed by atoms with Crippen LogP contribution in [0, 0.1) is 0 Å². The van der Waals surface area contributed by atoms with Crippen molar-refractivity contribution in [2.24, 2.45) is 0 Å². The maximum Gasteiger partial charge on any atom is 0.489 e. The number of anilines is 1. The minimum absolute atomic E-state index is 0.537. The van der Waals surface area contributed by atoms with E-state index < -0.39 is 7.12 Å². The predicted molar refractivity (Wildman–Crippen MR) is 47.9 cm³/mol. The highest BCUT2D eigenvalue weighted by atomic mass is 32.1. The fourth-order valence-corrected chi connectivity index (χ4v) is 1.93. The van der Waals surface area contributed by atoms with Crippen molar-refractivity contribution >= 4 is 28.9 Å². The van der Waals surface area contributed by atoms with Crippen LogP contribution in [0.2, 0.25) is 0 Å². The van der Waals surface area contributed by atoms with Crippen LogP contribution in [0.5, 0.6) is 0 Å². The first-order valence-corrected chi connectivity index (χ1v) is 4.26. The SMILES string of the molecule is CCc1c(B(O)O)csc1N. The average Bonchev–Trinajstić information content (AvgIpc) is 2.30. The fraction of sp³-hybridized carbons (Fsp3) is 0.333. The third-order valence-electron chi connectivity index (χ3n) is 1.59. The summed E-state index contributed by atoms with van der Waals surface area (Å²) in [6, 6.07) is 0. The van der Waals surface area contributed by atoms with E-state index >= 15 is 0 Å². The fourth-order valence-electron chi connectivity index (χ4n) is 1.01. The maximum atomic E-state index is 8.86. The van der Waals surface area contributed by atoms with Crippen LogP contribution >= 0.6 is 11.3 Å². The first-order chi connectivity index (χ1) is 5.16. The van der Waals surface area contributed by atoms with E-state index in [1.54, 1.807) is 5.38 Å². The molecule has 0 amide bonds. The van der Waals surface area contributed by atoms with Crippen LogP contribution in [0.1, 0.15) is 12.5 Å². The molecule has 0 aliphatic rings. The van der Waals surface area contributed by atoms with Gasteiger partial charge in [0.1, 0.15) is 0 Å². The van der Waals surface area contributed by atoms with Crippen molar-refractivity contribution in [3.8, 4) is 0 Å². The Balaban J connectivity index is 3.05. The van der Waals surface area contributed by atoms with Crippen LogP contribution in [0.25, 0.3) is 0 Å². The van der Waals surface area contributed by atoms with Crippen LogP contribution in [-0.2, 0) is 6.42 Å². The summed E-state index contributed by atoms with van der Waals surface area (Å²) in [6.45, 7) is 1.93. The number of thiophene rings is 1. The summed E-state index contributed by atoms with van der Waals surface area (Å²) in [7, 11) is -1.39. The third-order valence-corrected chi connectivity index (χ3v) is 2.46. The number of nitrogens with two attached hydrogens (primary N) is 1. The molecule has 11 heavy (non-hydrogen) atoms. The van der Waals surface area contributed by atoms with Gasteiger partial charge in [0.2, 0.25) is 0 Å². The van der Waals surface area contributed by atoms with Gasteiger partial charge in [0.25, 0.3) is 0 Å². The molecule has 1 heterocycles. The van der Waals surface area contributed by atoms with Gasteiger partial charge in [-0.3, -0.25) is 0 Å². The molecule has 60 valence electrons. The Bertz CT molecular complexity index is 249. The van der Waals surface area contributed by atoms with E-state index in [-0.39, 0.29) is 0 Å². The first-order valence-electron chi connectivity index (χ1n) is 3.38. The lowest BCUT2D eigenvalue weighted by Crippen LogP contribution is -2.31. The van der Waals surface area contributed by atoms with E-state index in [4.69, 9.17) is 15.8 Å². The summed E-state index contributed by atoms with van der Waals surface area (Å²) < 4.78 is 0. The second kappa shape index (κ2) is 3.25. The molecule has 1 rings (SSSR count). The van der Waals surface area contributed by atoms with Crippen LogP contribution < -0.4 is 11.2 Å². The minimum Gasteiger partial charge on any atom is -0.423 e. The van der Waals surface area contributed by atoms with Crippen molar-refractivity contribution in [2.75, 3.05) is 5.73 Å². The molecule has 0 spiro atoms. The Kier molecular flexibility index (Phi) is 2.54. The topological polar surface area (TPSA) is 66.5 Å². The van der Waals surface area contributed by atoms with Gasteiger partial charge in [0, 0.05) is 0 Å². The van der Waals surface area contributed by atoms with Gasteiger partial charge in [0.05, 0.1) is 5.00 Å². The smallest absolute Gasteiger partial charge is 0.423 e. The minimum atomic E-state index is -1.39. The van der Waals surface area contributed by atoms with E-state index in [0.717, 1.165) is 12.0 Å². The Labute approximate surface area is 69.6 Å². The Morgan fingerprint density at radius 3 is 2.64 bits per heavy atom. The molecular formula is C6H10BNO2S. The van der Waals surface area contributed by atoms with Crippen molar-refractivity contribution < 1.29 is 10.0 Å². The van der Waals surface area contributed by atoms with E-state index in [1.807, 2.05) is 6.92 Å². The number of rotatable bonds is 2. The molecule has 4 N–H and O–H groups in total. The summed E-state index contributed by atoms with van der Waals surface area (Å²) in [4.78, 5) is 0. The van der Waals surface area contributed by atoms with E-state index in [0.29, 0.717) is 10.5 Å². The molecule has 0 fully saturated rings. The van der Waals surface area contributed by atoms with Gasteiger partial charge >= 0.3 is 7.12 Å². The van der Waals surface area contributed by atoms with Gasteiger partial charge in [0.15, 0.2) is 0 Å². The maximum absolute atomic E-state index is 8.86. The van der Waals surface area contributed by atoms with Gasteiger partial charge in [-0.25, -0.2) is 0 Å². The second-order valence-electron chi connectivity index (χ2n) is 2.26. The van der Waals surface area contributed by atoms with Crippen LogP contribution in [0.3, 0.4) is 0 Å². The van der Waals surface area contributed by atoms with Gasteiger partial charge in [-0.2, -0.15) is 0 Å². The van der Waals surface area contributed by atoms with Crippen LogP contribution in [0.4, 0.5) is 5.00 Å². The number of nitrogen functional groups attached to an aromatic ring is 1. The number of hydrogen-bond donors (Lipinski definition) is 3. The molecule has 0 saturated heterocycles. The summed E-state index contributed by atoms with van der Waals surface area (Å²) >= 11 is 1.34. The molecule has 0 aliphatic carbocycles. The van der Waals surface area contributed by atoms with Crippen LogP contribution in [0.15, 0.2) is 5.38 Å². The first kappa shape index (κ1) is 8.58. The Hall–Kier alpha value is -0.515. The summed E-state index contributed by atoms with van der Waals surface area (Å²) in [5, 5.41) is 20.1. The lowest BCUT2D eigenvalue weighted by Gasteiger charge is -1.99. The monoisotopic (exact) mass is 171 g/mol. The van der Waals surface area contributed by atoms with Gasteiger partial charge < -0.3 is 15.8 Å². The normalized spacial score (nSPS) is 10.1. The van der Waals surface area contributed by atoms with Gasteiger partial charge in [-0.05, 0) is 22.8 Å². The molecule has 0 atom stereocenters.